The highest BCUT2D eigenvalue weighted by molar-refractivity contribution is 5.23. The van der Waals surface area contributed by atoms with Gasteiger partial charge in [0.15, 0.2) is 0 Å². The molecule has 1 atom stereocenters. The molecule has 1 aliphatic carbocycles. The van der Waals surface area contributed by atoms with Crippen LogP contribution in [0.5, 0.6) is 0 Å². The first-order valence-electron chi connectivity index (χ1n) is 6.95. The van der Waals surface area contributed by atoms with E-state index < -0.39 is 11.6 Å². The molecule has 0 unspecified atom stereocenters. The highest BCUT2D eigenvalue weighted by Gasteiger charge is 2.40. The summed E-state index contributed by atoms with van der Waals surface area (Å²) in [5.41, 5.74) is 6.74. The maximum atomic E-state index is 6.18. The molecule has 5 heteroatoms. The maximum Gasteiger partial charge on any atom is 0.248 e. The van der Waals surface area contributed by atoms with Gasteiger partial charge in [-0.2, -0.15) is 4.98 Å². The van der Waals surface area contributed by atoms with Crippen LogP contribution in [0.15, 0.2) is 34.9 Å². The molecule has 1 aliphatic rings. The van der Waals surface area contributed by atoms with E-state index in [1.165, 1.54) is 0 Å². The van der Waals surface area contributed by atoms with E-state index >= 15 is 0 Å². The third-order valence-electron chi connectivity index (χ3n) is 4.08. The second-order valence-corrected chi connectivity index (χ2v) is 5.25. The summed E-state index contributed by atoms with van der Waals surface area (Å²) in [6, 6.07) is 9.35. The average molecular weight is 273 g/mol. The lowest BCUT2D eigenvalue weighted by atomic mass is 10.0. The second-order valence-electron chi connectivity index (χ2n) is 5.25. The molecule has 2 N–H and O–H groups in total. The number of methoxy groups -OCH3 is 1. The van der Waals surface area contributed by atoms with Crippen LogP contribution >= 0.6 is 0 Å². The molecule has 1 aromatic carbocycles. The van der Waals surface area contributed by atoms with Gasteiger partial charge in [0.05, 0.1) is 0 Å². The van der Waals surface area contributed by atoms with Crippen molar-refractivity contribution in [2.24, 2.45) is 5.73 Å². The molecule has 5 nitrogen and oxygen atoms in total. The fraction of sp³-hybridized carbons (Fsp3) is 0.467. The van der Waals surface area contributed by atoms with E-state index in [0.717, 1.165) is 31.2 Å². The van der Waals surface area contributed by atoms with Gasteiger partial charge in [0, 0.05) is 7.11 Å². The maximum absolute atomic E-state index is 6.18. The van der Waals surface area contributed by atoms with E-state index in [1.807, 2.05) is 30.3 Å². The molecule has 3 rings (SSSR count). The van der Waals surface area contributed by atoms with Crippen LogP contribution in [0, 0.1) is 0 Å². The first kappa shape index (κ1) is 13.3. The Morgan fingerprint density at radius 2 is 1.95 bits per heavy atom. The van der Waals surface area contributed by atoms with Crippen LogP contribution in [0.4, 0.5) is 0 Å². The fourth-order valence-corrected chi connectivity index (χ4v) is 2.81. The summed E-state index contributed by atoms with van der Waals surface area (Å²) in [5.74, 6) is 1.06. The van der Waals surface area contributed by atoms with Crippen molar-refractivity contribution in [2.45, 2.75) is 37.3 Å². The Morgan fingerprint density at radius 1 is 1.25 bits per heavy atom. The Labute approximate surface area is 118 Å². The molecule has 20 heavy (non-hydrogen) atoms. The summed E-state index contributed by atoms with van der Waals surface area (Å²) < 4.78 is 11.0. The van der Waals surface area contributed by atoms with Crippen LogP contribution in [0.2, 0.25) is 0 Å². The zero-order valence-corrected chi connectivity index (χ0v) is 11.6. The lowest BCUT2D eigenvalue weighted by molar-refractivity contribution is -0.0178. The predicted octanol–water partition coefficient (Wildman–Crippen LogP) is 2.53. The standard InChI is InChI=1S/C15H19N3O2/c1-19-15(9-5-6-10-15)14-17-13(20-18-14)12(16)11-7-3-2-4-8-11/h2-4,7-8,12H,5-6,9-10,16H2,1H3/t12-/m1/s1. The summed E-state index contributed by atoms with van der Waals surface area (Å²) in [6.07, 6.45) is 4.12. The summed E-state index contributed by atoms with van der Waals surface area (Å²) >= 11 is 0. The number of benzene rings is 1. The smallest absolute Gasteiger partial charge is 0.248 e. The fourth-order valence-electron chi connectivity index (χ4n) is 2.81. The van der Waals surface area contributed by atoms with Crippen LogP contribution in [-0.2, 0) is 10.3 Å². The zero-order valence-electron chi connectivity index (χ0n) is 11.6. The number of hydrogen-bond acceptors (Lipinski definition) is 5. The Kier molecular flexibility index (Phi) is 3.54. The molecule has 1 fully saturated rings. The average Bonchev–Trinajstić information content (AvgIpc) is 3.17. The topological polar surface area (TPSA) is 74.2 Å². The summed E-state index contributed by atoms with van der Waals surface area (Å²) in [5, 5.41) is 4.10. The van der Waals surface area contributed by atoms with Crippen molar-refractivity contribution in [1.29, 1.82) is 0 Å². The van der Waals surface area contributed by atoms with Gasteiger partial charge in [-0.25, -0.2) is 0 Å². The van der Waals surface area contributed by atoms with Crippen molar-refractivity contribution in [1.82, 2.24) is 10.1 Å². The van der Waals surface area contributed by atoms with Crippen molar-refractivity contribution < 1.29 is 9.26 Å². The van der Waals surface area contributed by atoms with E-state index in [2.05, 4.69) is 10.1 Å². The second kappa shape index (κ2) is 5.34. The van der Waals surface area contributed by atoms with Crippen LogP contribution in [0.25, 0.3) is 0 Å². The van der Waals surface area contributed by atoms with E-state index in [9.17, 15) is 0 Å². The summed E-state index contributed by atoms with van der Waals surface area (Å²) in [6.45, 7) is 0. The van der Waals surface area contributed by atoms with E-state index in [-0.39, 0.29) is 0 Å². The Bertz CT molecular complexity index is 562. The Morgan fingerprint density at radius 3 is 2.60 bits per heavy atom. The van der Waals surface area contributed by atoms with Gasteiger partial charge in [0.2, 0.25) is 11.7 Å². The number of nitrogens with two attached hydrogens (primary N) is 1. The molecule has 0 bridgehead atoms. The molecule has 2 aromatic rings. The molecule has 0 spiro atoms. The quantitative estimate of drug-likeness (QED) is 0.926. The first-order chi connectivity index (χ1) is 9.75. The zero-order chi connectivity index (χ0) is 14.0. The molecule has 1 heterocycles. The van der Waals surface area contributed by atoms with Crippen molar-refractivity contribution >= 4 is 0 Å². The molecule has 1 aromatic heterocycles. The molecule has 0 aliphatic heterocycles. The van der Waals surface area contributed by atoms with E-state index in [4.69, 9.17) is 15.0 Å². The van der Waals surface area contributed by atoms with E-state index in [0.29, 0.717) is 11.7 Å². The van der Waals surface area contributed by atoms with Crippen molar-refractivity contribution in [2.75, 3.05) is 7.11 Å². The molecular formula is C15H19N3O2. The number of ether oxygens (including phenoxy) is 1. The van der Waals surface area contributed by atoms with Crippen molar-refractivity contribution in [3.63, 3.8) is 0 Å². The largest absolute Gasteiger partial charge is 0.370 e. The minimum atomic E-state index is -0.396. The molecule has 0 amide bonds. The summed E-state index contributed by atoms with van der Waals surface area (Å²) in [4.78, 5) is 4.48. The van der Waals surface area contributed by atoms with Gasteiger partial charge in [-0.15, -0.1) is 0 Å². The highest BCUT2D eigenvalue weighted by Crippen LogP contribution is 2.40. The normalized spacial score (nSPS) is 19.1. The van der Waals surface area contributed by atoms with Crippen molar-refractivity contribution in [3.05, 3.63) is 47.6 Å². The number of nitrogens with zero attached hydrogens (tertiary/aromatic N) is 2. The van der Waals surface area contributed by atoms with Gasteiger partial charge >= 0.3 is 0 Å². The van der Waals surface area contributed by atoms with Crippen LogP contribution < -0.4 is 5.73 Å². The molecule has 1 saturated carbocycles. The third-order valence-corrected chi connectivity index (χ3v) is 4.08. The Hall–Kier alpha value is -1.72. The number of rotatable bonds is 4. The van der Waals surface area contributed by atoms with Gasteiger partial charge in [0.1, 0.15) is 11.6 Å². The molecule has 106 valence electrons. The van der Waals surface area contributed by atoms with Crippen LogP contribution in [-0.4, -0.2) is 17.3 Å². The highest BCUT2D eigenvalue weighted by atomic mass is 16.5. The van der Waals surface area contributed by atoms with Crippen molar-refractivity contribution in [3.8, 4) is 0 Å². The van der Waals surface area contributed by atoms with Crippen LogP contribution in [0.3, 0.4) is 0 Å². The monoisotopic (exact) mass is 273 g/mol. The first-order valence-corrected chi connectivity index (χ1v) is 6.95. The van der Waals surface area contributed by atoms with Gasteiger partial charge in [-0.3, -0.25) is 0 Å². The lowest BCUT2D eigenvalue weighted by Crippen LogP contribution is -2.26. The van der Waals surface area contributed by atoms with Gasteiger partial charge in [-0.1, -0.05) is 35.5 Å². The number of aromatic nitrogens is 2. The minimum Gasteiger partial charge on any atom is -0.370 e. The van der Waals surface area contributed by atoms with Crippen LogP contribution in [0.1, 0.15) is 49.0 Å². The third kappa shape index (κ3) is 2.23. The lowest BCUT2D eigenvalue weighted by Gasteiger charge is -2.22. The minimum absolute atomic E-state index is 0.391. The Balaban J connectivity index is 1.87. The van der Waals surface area contributed by atoms with E-state index in [1.54, 1.807) is 7.11 Å². The molecule has 0 radical (unpaired) electrons. The predicted molar refractivity (Wildman–Crippen MR) is 73.9 cm³/mol. The molecule has 0 saturated heterocycles. The summed E-state index contributed by atoms with van der Waals surface area (Å²) in [7, 11) is 1.71. The van der Waals surface area contributed by atoms with Gasteiger partial charge in [0.25, 0.3) is 0 Å². The van der Waals surface area contributed by atoms with Gasteiger partial charge < -0.3 is 15.0 Å². The molecular weight excluding hydrogens is 254 g/mol. The van der Waals surface area contributed by atoms with Gasteiger partial charge in [-0.05, 0) is 31.2 Å². The number of hydrogen-bond donors (Lipinski definition) is 1. The SMILES string of the molecule is COC1(c2noc([C@H](N)c3ccccc3)n2)CCCC1.